The van der Waals surface area contributed by atoms with Crippen molar-refractivity contribution in [3.63, 3.8) is 0 Å². The zero-order valence-corrected chi connectivity index (χ0v) is 12.3. The zero-order chi connectivity index (χ0) is 14.0. The molecule has 0 radical (unpaired) electrons. The first-order valence-corrected chi connectivity index (χ1v) is 7.91. The number of nitrogens with one attached hydrogen (secondary N) is 1. The van der Waals surface area contributed by atoms with E-state index in [1.807, 2.05) is 6.07 Å². The summed E-state index contributed by atoms with van der Waals surface area (Å²) in [6, 6.07) is 6.89. The molecule has 1 fully saturated rings. The lowest BCUT2D eigenvalue weighted by molar-refractivity contribution is 0.00139. The summed E-state index contributed by atoms with van der Waals surface area (Å²) in [4.78, 5) is 0. The van der Waals surface area contributed by atoms with Crippen LogP contribution in [0.5, 0.6) is 5.75 Å². The number of rotatable bonds is 5. The standard InChI is InChI=1S/C17H25NO2/c1-2-18-16-8-5-13-11-14(6-7-15(13)16)20-12-17(19)9-3-4-10-17/h6-7,11,16,18-19H,2-5,8-10,12H2,1H3. The summed E-state index contributed by atoms with van der Waals surface area (Å²) in [6.07, 6.45) is 6.29. The van der Waals surface area contributed by atoms with Gasteiger partial charge in [-0.25, -0.2) is 0 Å². The fourth-order valence-corrected chi connectivity index (χ4v) is 3.54. The van der Waals surface area contributed by atoms with Gasteiger partial charge in [0.2, 0.25) is 0 Å². The van der Waals surface area contributed by atoms with E-state index in [-0.39, 0.29) is 0 Å². The van der Waals surface area contributed by atoms with E-state index in [9.17, 15) is 5.11 Å². The SMILES string of the molecule is CCNC1CCc2cc(OCC3(O)CCCC3)ccc21. The second-order valence-electron chi connectivity index (χ2n) is 6.23. The summed E-state index contributed by atoms with van der Waals surface area (Å²) in [5.74, 6) is 0.904. The van der Waals surface area contributed by atoms with Gasteiger partial charge in [-0.3, -0.25) is 0 Å². The second-order valence-corrected chi connectivity index (χ2v) is 6.23. The summed E-state index contributed by atoms with van der Waals surface area (Å²) in [5.41, 5.74) is 2.22. The molecule has 2 aliphatic carbocycles. The molecule has 0 heterocycles. The molecule has 1 unspecified atom stereocenters. The molecule has 2 N–H and O–H groups in total. The number of ether oxygens (including phenoxy) is 1. The van der Waals surface area contributed by atoms with E-state index < -0.39 is 5.60 Å². The Balaban J connectivity index is 1.64. The summed E-state index contributed by atoms with van der Waals surface area (Å²) in [6.45, 7) is 3.59. The first-order valence-electron chi connectivity index (χ1n) is 7.91. The topological polar surface area (TPSA) is 41.5 Å². The molecule has 1 atom stereocenters. The van der Waals surface area contributed by atoms with Crippen LogP contribution in [0.4, 0.5) is 0 Å². The monoisotopic (exact) mass is 275 g/mol. The largest absolute Gasteiger partial charge is 0.491 e. The van der Waals surface area contributed by atoms with Gasteiger partial charge in [0.25, 0.3) is 0 Å². The molecule has 110 valence electrons. The van der Waals surface area contributed by atoms with Crippen molar-refractivity contribution >= 4 is 0 Å². The molecule has 0 aliphatic heterocycles. The van der Waals surface area contributed by atoms with E-state index in [2.05, 4.69) is 24.4 Å². The van der Waals surface area contributed by atoms with Gasteiger partial charge in [-0.2, -0.15) is 0 Å². The van der Waals surface area contributed by atoms with E-state index in [0.29, 0.717) is 12.6 Å². The van der Waals surface area contributed by atoms with Crippen molar-refractivity contribution in [1.29, 1.82) is 0 Å². The molecule has 1 saturated carbocycles. The van der Waals surface area contributed by atoms with Gasteiger partial charge in [0.05, 0.1) is 5.60 Å². The lowest BCUT2D eigenvalue weighted by atomic mass is 10.0. The molecule has 0 saturated heterocycles. The number of aryl methyl sites for hydroxylation is 1. The maximum Gasteiger partial charge on any atom is 0.119 e. The number of hydrogen-bond acceptors (Lipinski definition) is 3. The fourth-order valence-electron chi connectivity index (χ4n) is 3.54. The van der Waals surface area contributed by atoms with Gasteiger partial charge in [0.1, 0.15) is 12.4 Å². The third kappa shape index (κ3) is 2.84. The maximum absolute atomic E-state index is 10.3. The predicted molar refractivity (Wildman–Crippen MR) is 80.1 cm³/mol. The highest BCUT2D eigenvalue weighted by Crippen LogP contribution is 2.34. The number of fused-ring (bicyclic) bond motifs is 1. The van der Waals surface area contributed by atoms with Gasteiger partial charge in [0, 0.05) is 6.04 Å². The van der Waals surface area contributed by atoms with E-state index in [0.717, 1.165) is 44.4 Å². The summed E-state index contributed by atoms with van der Waals surface area (Å²) in [5, 5.41) is 13.8. The molecule has 20 heavy (non-hydrogen) atoms. The molecule has 3 heteroatoms. The van der Waals surface area contributed by atoms with Crippen LogP contribution in [0.3, 0.4) is 0 Å². The highest BCUT2D eigenvalue weighted by Gasteiger charge is 2.32. The molecule has 2 aliphatic rings. The number of aliphatic hydroxyl groups is 1. The van der Waals surface area contributed by atoms with Crippen molar-refractivity contribution in [2.24, 2.45) is 0 Å². The van der Waals surface area contributed by atoms with Gasteiger partial charge in [0.15, 0.2) is 0 Å². The van der Waals surface area contributed by atoms with Crippen molar-refractivity contribution in [3.8, 4) is 5.75 Å². The maximum atomic E-state index is 10.3. The molecule has 0 spiro atoms. The highest BCUT2D eigenvalue weighted by atomic mass is 16.5. The summed E-state index contributed by atoms with van der Waals surface area (Å²) >= 11 is 0. The first kappa shape index (κ1) is 13.9. The summed E-state index contributed by atoms with van der Waals surface area (Å²) in [7, 11) is 0. The van der Waals surface area contributed by atoms with E-state index in [1.54, 1.807) is 0 Å². The van der Waals surface area contributed by atoms with Crippen LogP contribution in [-0.4, -0.2) is 23.9 Å². The average molecular weight is 275 g/mol. The summed E-state index contributed by atoms with van der Waals surface area (Å²) < 4.78 is 5.84. The van der Waals surface area contributed by atoms with Gasteiger partial charge < -0.3 is 15.2 Å². The van der Waals surface area contributed by atoms with E-state index >= 15 is 0 Å². The molecular formula is C17H25NO2. The van der Waals surface area contributed by atoms with Crippen LogP contribution in [0.2, 0.25) is 0 Å². The van der Waals surface area contributed by atoms with Gasteiger partial charge in [-0.05, 0) is 55.5 Å². The smallest absolute Gasteiger partial charge is 0.119 e. The van der Waals surface area contributed by atoms with Crippen molar-refractivity contribution in [2.75, 3.05) is 13.2 Å². The molecular weight excluding hydrogens is 250 g/mol. The van der Waals surface area contributed by atoms with Crippen molar-refractivity contribution in [1.82, 2.24) is 5.32 Å². The normalized spacial score (nSPS) is 23.8. The van der Waals surface area contributed by atoms with Crippen LogP contribution < -0.4 is 10.1 Å². The minimum Gasteiger partial charge on any atom is -0.491 e. The molecule has 0 aromatic heterocycles. The Kier molecular flexibility index (Phi) is 3.99. The van der Waals surface area contributed by atoms with Crippen molar-refractivity contribution in [3.05, 3.63) is 29.3 Å². The van der Waals surface area contributed by atoms with Crippen LogP contribution in [0.1, 0.15) is 56.2 Å². The Morgan fingerprint density at radius 2 is 2.15 bits per heavy atom. The van der Waals surface area contributed by atoms with Crippen LogP contribution in [0.25, 0.3) is 0 Å². The Morgan fingerprint density at radius 1 is 1.35 bits per heavy atom. The van der Waals surface area contributed by atoms with Gasteiger partial charge >= 0.3 is 0 Å². The highest BCUT2D eigenvalue weighted by molar-refractivity contribution is 5.40. The minimum absolute atomic E-state index is 0.433. The Morgan fingerprint density at radius 3 is 2.90 bits per heavy atom. The molecule has 0 amide bonds. The van der Waals surface area contributed by atoms with Crippen LogP contribution in [-0.2, 0) is 6.42 Å². The molecule has 3 rings (SSSR count). The average Bonchev–Trinajstić information content (AvgIpc) is 3.05. The van der Waals surface area contributed by atoms with Gasteiger partial charge in [-0.15, -0.1) is 0 Å². The van der Waals surface area contributed by atoms with Crippen molar-refractivity contribution < 1.29 is 9.84 Å². The first-order chi connectivity index (χ1) is 9.70. The van der Waals surface area contributed by atoms with Crippen LogP contribution in [0, 0.1) is 0 Å². The fraction of sp³-hybridized carbons (Fsp3) is 0.647. The quantitative estimate of drug-likeness (QED) is 0.868. The third-order valence-corrected chi connectivity index (χ3v) is 4.68. The van der Waals surface area contributed by atoms with Crippen molar-refractivity contribution in [2.45, 2.75) is 57.1 Å². The zero-order valence-electron chi connectivity index (χ0n) is 12.3. The van der Waals surface area contributed by atoms with E-state index in [4.69, 9.17) is 4.74 Å². The molecule has 1 aromatic carbocycles. The molecule has 1 aromatic rings. The van der Waals surface area contributed by atoms with E-state index in [1.165, 1.54) is 17.5 Å². The Bertz CT molecular complexity index is 466. The Labute approximate surface area is 121 Å². The number of hydrogen-bond donors (Lipinski definition) is 2. The molecule has 0 bridgehead atoms. The lowest BCUT2D eigenvalue weighted by Crippen LogP contribution is -2.32. The van der Waals surface area contributed by atoms with Crippen LogP contribution in [0.15, 0.2) is 18.2 Å². The number of benzene rings is 1. The second kappa shape index (κ2) is 5.74. The Hall–Kier alpha value is -1.06. The minimum atomic E-state index is -0.592. The van der Waals surface area contributed by atoms with Gasteiger partial charge in [-0.1, -0.05) is 25.8 Å². The molecule has 3 nitrogen and oxygen atoms in total. The predicted octanol–water partition coefficient (Wildman–Crippen LogP) is 2.97. The lowest BCUT2D eigenvalue weighted by Gasteiger charge is -2.22. The third-order valence-electron chi connectivity index (χ3n) is 4.68. The van der Waals surface area contributed by atoms with Crippen LogP contribution >= 0.6 is 0 Å².